The number of rotatable bonds is 2. The molecule has 0 atom stereocenters. The molecule has 0 unspecified atom stereocenters. The minimum absolute atomic E-state index is 0.0486. The molecule has 1 aromatic rings. The highest BCUT2D eigenvalue weighted by atomic mass is 19.4. The lowest BCUT2D eigenvalue weighted by Crippen LogP contribution is -2.10. The molecule has 0 fully saturated rings. The summed E-state index contributed by atoms with van der Waals surface area (Å²) in [5.41, 5.74) is 0. The third kappa shape index (κ3) is 2.56. The highest BCUT2D eigenvalue weighted by molar-refractivity contribution is 4.91. The minimum Gasteiger partial charge on any atom is -0.338 e. The molecular weight excluding hydrogens is 169 g/mol. The van der Waals surface area contributed by atoms with Crippen LogP contribution in [-0.4, -0.2) is 15.7 Å². The molecule has 0 amide bonds. The number of aryl methyl sites for hydroxylation is 2. The van der Waals surface area contributed by atoms with Crippen LogP contribution in [0.5, 0.6) is 0 Å². The first-order valence-corrected chi connectivity index (χ1v) is 3.52. The molecule has 12 heavy (non-hydrogen) atoms. The molecule has 5 heteroatoms. The predicted molar refractivity (Wildman–Crippen MR) is 37.6 cm³/mol. The average Bonchev–Trinajstić information content (AvgIpc) is 2.29. The van der Waals surface area contributed by atoms with Crippen LogP contribution in [0.15, 0.2) is 12.4 Å². The first-order valence-electron chi connectivity index (χ1n) is 3.52. The van der Waals surface area contributed by atoms with Gasteiger partial charge in [0.25, 0.3) is 0 Å². The predicted octanol–water partition coefficient (Wildman–Crippen LogP) is 1.92. The molecule has 0 N–H and O–H groups in total. The van der Waals surface area contributed by atoms with E-state index in [0.29, 0.717) is 5.82 Å². The van der Waals surface area contributed by atoms with E-state index in [-0.39, 0.29) is 6.42 Å². The number of aromatic nitrogens is 2. The molecule has 68 valence electrons. The molecule has 0 saturated heterocycles. The smallest absolute Gasteiger partial charge is 0.338 e. The van der Waals surface area contributed by atoms with Crippen molar-refractivity contribution in [2.24, 2.45) is 7.05 Å². The Labute approximate surface area is 68.0 Å². The van der Waals surface area contributed by atoms with Crippen molar-refractivity contribution >= 4 is 0 Å². The van der Waals surface area contributed by atoms with E-state index in [0.717, 1.165) is 0 Å². The van der Waals surface area contributed by atoms with E-state index in [2.05, 4.69) is 4.98 Å². The van der Waals surface area contributed by atoms with Crippen LogP contribution in [0.1, 0.15) is 12.2 Å². The van der Waals surface area contributed by atoms with Gasteiger partial charge in [-0.3, -0.25) is 0 Å². The van der Waals surface area contributed by atoms with Gasteiger partial charge >= 0.3 is 6.18 Å². The lowest BCUT2D eigenvalue weighted by atomic mass is 10.3. The van der Waals surface area contributed by atoms with Gasteiger partial charge in [0.1, 0.15) is 5.82 Å². The van der Waals surface area contributed by atoms with Gasteiger partial charge < -0.3 is 4.57 Å². The Bertz CT molecular complexity index is 251. The van der Waals surface area contributed by atoms with Crippen molar-refractivity contribution < 1.29 is 13.2 Å². The van der Waals surface area contributed by atoms with Crippen molar-refractivity contribution in [3.63, 3.8) is 0 Å². The number of alkyl halides is 3. The highest BCUT2D eigenvalue weighted by Crippen LogP contribution is 2.21. The quantitative estimate of drug-likeness (QED) is 0.676. The van der Waals surface area contributed by atoms with E-state index in [1.807, 2.05) is 0 Å². The topological polar surface area (TPSA) is 17.8 Å². The van der Waals surface area contributed by atoms with Gasteiger partial charge in [-0.15, -0.1) is 0 Å². The van der Waals surface area contributed by atoms with Gasteiger partial charge in [-0.05, 0) is 0 Å². The zero-order chi connectivity index (χ0) is 9.19. The Morgan fingerprint density at radius 2 is 2.17 bits per heavy atom. The van der Waals surface area contributed by atoms with Crippen LogP contribution in [0.4, 0.5) is 13.2 Å². The van der Waals surface area contributed by atoms with Crippen LogP contribution in [0.2, 0.25) is 0 Å². The van der Waals surface area contributed by atoms with E-state index in [4.69, 9.17) is 0 Å². The fraction of sp³-hybridized carbons (Fsp3) is 0.571. The van der Waals surface area contributed by atoms with Crippen molar-refractivity contribution in [2.75, 3.05) is 0 Å². The van der Waals surface area contributed by atoms with Crippen LogP contribution in [-0.2, 0) is 13.5 Å². The first-order chi connectivity index (χ1) is 5.49. The lowest BCUT2D eigenvalue weighted by molar-refractivity contribution is -0.134. The molecule has 2 nitrogen and oxygen atoms in total. The SMILES string of the molecule is Cn1ccnc1CCC(F)(F)F. The Kier molecular flexibility index (Phi) is 2.40. The normalized spacial score (nSPS) is 12.0. The molecule has 1 aromatic heterocycles. The molecule has 1 heterocycles. The standard InChI is InChI=1S/C7H9F3N2/c1-12-5-4-11-6(12)2-3-7(8,9)10/h4-5H,2-3H2,1H3. The van der Waals surface area contributed by atoms with Crippen LogP contribution < -0.4 is 0 Å². The van der Waals surface area contributed by atoms with Crippen molar-refractivity contribution in [1.82, 2.24) is 9.55 Å². The Hall–Kier alpha value is -1.00. The summed E-state index contributed by atoms with van der Waals surface area (Å²) in [6.45, 7) is 0. The Balaban J connectivity index is 2.49. The van der Waals surface area contributed by atoms with Gasteiger partial charge in [-0.1, -0.05) is 0 Å². The number of imidazole rings is 1. The van der Waals surface area contributed by atoms with Gasteiger partial charge in [-0.2, -0.15) is 13.2 Å². The van der Waals surface area contributed by atoms with Crippen molar-refractivity contribution in [2.45, 2.75) is 19.0 Å². The van der Waals surface area contributed by atoms with Gasteiger partial charge in [0.05, 0.1) is 6.42 Å². The zero-order valence-electron chi connectivity index (χ0n) is 6.60. The molecule has 0 spiro atoms. The average molecular weight is 178 g/mol. The van der Waals surface area contributed by atoms with E-state index >= 15 is 0 Å². The molecule has 1 rings (SSSR count). The second-order valence-electron chi connectivity index (χ2n) is 2.57. The number of nitrogens with zero attached hydrogens (tertiary/aromatic N) is 2. The maximum absolute atomic E-state index is 11.7. The van der Waals surface area contributed by atoms with Crippen molar-refractivity contribution in [3.8, 4) is 0 Å². The van der Waals surface area contributed by atoms with Crippen LogP contribution in [0.3, 0.4) is 0 Å². The summed E-state index contributed by atoms with van der Waals surface area (Å²) >= 11 is 0. The summed E-state index contributed by atoms with van der Waals surface area (Å²) in [6.07, 6.45) is -1.83. The van der Waals surface area contributed by atoms with E-state index in [9.17, 15) is 13.2 Å². The van der Waals surface area contributed by atoms with E-state index in [1.165, 1.54) is 6.20 Å². The molecule has 0 aliphatic carbocycles. The maximum atomic E-state index is 11.7. The largest absolute Gasteiger partial charge is 0.389 e. The number of halogens is 3. The number of hydrogen-bond acceptors (Lipinski definition) is 1. The molecule has 0 aromatic carbocycles. The Morgan fingerprint density at radius 1 is 1.50 bits per heavy atom. The molecule has 0 radical (unpaired) electrons. The first kappa shape index (κ1) is 9.09. The van der Waals surface area contributed by atoms with Crippen LogP contribution in [0.25, 0.3) is 0 Å². The lowest BCUT2D eigenvalue weighted by Gasteiger charge is -2.05. The van der Waals surface area contributed by atoms with Crippen molar-refractivity contribution in [3.05, 3.63) is 18.2 Å². The Morgan fingerprint density at radius 3 is 2.58 bits per heavy atom. The third-order valence-electron chi connectivity index (χ3n) is 1.55. The summed E-state index contributed by atoms with van der Waals surface area (Å²) in [5, 5.41) is 0. The maximum Gasteiger partial charge on any atom is 0.389 e. The van der Waals surface area contributed by atoms with Gasteiger partial charge in [0.2, 0.25) is 0 Å². The van der Waals surface area contributed by atoms with E-state index < -0.39 is 12.6 Å². The highest BCUT2D eigenvalue weighted by Gasteiger charge is 2.27. The summed E-state index contributed by atoms with van der Waals surface area (Å²) in [5.74, 6) is 0.465. The van der Waals surface area contributed by atoms with Gasteiger partial charge in [-0.25, -0.2) is 4.98 Å². The second kappa shape index (κ2) is 3.16. The third-order valence-corrected chi connectivity index (χ3v) is 1.55. The minimum atomic E-state index is -4.09. The molecule has 0 aliphatic rings. The van der Waals surface area contributed by atoms with Crippen molar-refractivity contribution in [1.29, 1.82) is 0 Å². The fourth-order valence-electron chi connectivity index (χ4n) is 0.891. The van der Waals surface area contributed by atoms with Crippen LogP contribution in [0, 0.1) is 0 Å². The summed E-state index contributed by atoms with van der Waals surface area (Å²) < 4.78 is 36.8. The summed E-state index contributed by atoms with van der Waals surface area (Å²) in [6, 6.07) is 0. The van der Waals surface area contributed by atoms with Gasteiger partial charge in [0, 0.05) is 25.9 Å². The second-order valence-corrected chi connectivity index (χ2v) is 2.57. The molecule has 0 aliphatic heterocycles. The zero-order valence-corrected chi connectivity index (χ0v) is 6.60. The molecular formula is C7H9F3N2. The molecule has 0 saturated carbocycles. The van der Waals surface area contributed by atoms with Gasteiger partial charge in [0.15, 0.2) is 0 Å². The van der Waals surface area contributed by atoms with E-state index in [1.54, 1.807) is 17.8 Å². The fourth-order valence-corrected chi connectivity index (χ4v) is 0.891. The molecule has 0 bridgehead atoms. The van der Waals surface area contributed by atoms with Crippen LogP contribution >= 0.6 is 0 Å². The summed E-state index contributed by atoms with van der Waals surface area (Å²) in [7, 11) is 1.68. The monoisotopic (exact) mass is 178 g/mol. The summed E-state index contributed by atoms with van der Waals surface area (Å²) in [4.78, 5) is 3.78. The number of hydrogen-bond donors (Lipinski definition) is 0.